The molecule has 24 heavy (non-hydrogen) atoms. The zero-order valence-electron chi connectivity index (χ0n) is 14.9. The molecule has 0 atom stereocenters. The summed E-state index contributed by atoms with van der Waals surface area (Å²) in [6.07, 6.45) is 3.54. The second kappa shape index (κ2) is 9.64. The summed E-state index contributed by atoms with van der Waals surface area (Å²) < 4.78 is 11.5. The van der Waals surface area contributed by atoms with Gasteiger partial charge in [-0.3, -0.25) is 4.79 Å². The molecule has 2 rings (SSSR count). The molecule has 1 aliphatic rings. The summed E-state index contributed by atoms with van der Waals surface area (Å²) >= 11 is 0. The molecule has 0 aliphatic carbocycles. The second-order valence-corrected chi connectivity index (χ2v) is 6.58. The van der Waals surface area contributed by atoms with Crippen LogP contribution in [0.4, 0.5) is 0 Å². The van der Waals surface area contributed by atoms with Gasteiger partial charge >= 0.3 is 0 Å². The van der Waals surface area contributed by atoms with E-state index in [0.717, 1.165) is 50.3 Å². The molecule has 1 saturated heterocycles. The lowest BCUT2D eigenvalue weighted by Crippen LogP contribution is -2.41. The molecule has 0 aromatic heterocycles. The fourth-order valence-electron chi connectivity index (χ4n) is 2.89. The number of hydrogen-bond donors (Lipinski definition) is 1. The maximum atomic E-state index is 12.5. The SMILES string of the molecule is CC(C)Oc1cccc(CC(=O)N2CCC(OCCCN)CC2)c1. The van der Waals surface area contributed by atoms with Gasteiger partial charge in [0.25, 0.3) is 0 Å². The van der Waals surface area contributed by atoms with E-state index < -0.39 is 0 Å². The number of likely N-dealkylation sites (tertiary alicyclic amines) is 1. The number of rotatable bonds is 8. The topological polar surface area (TPSA) is 64.8 Å². The minimum Gasteiger partial charge on any atom is -0.491 e. The summed E-state index contributed by atoms with van der Waals surface area (Å²) in [5.41, 5.74) is 6.47. The average molecular weight is 334 g/mol. The summed E-state index contributed by atoms with van der Waals surface area (Å²) in [5, 5.41) is 0. The monoisotopic (exact) mass is 334 g/mol. The van der Waals surface area contributed by atoms with Gasteiger partial charge < -0.3 is 20.1 Å². The number of nitrogens with two attached hydrogens (primary N) is 1. The number of carbonyl (C=O) groups excluding carboxylic acids is 1. The molecule has 1 amide bonds. The Balaban J connectivity index is 1.79. The molecule has 134 valence electrons. The number of benzene rings is 1. The Morgan fingerprint density at radius 2 is 2.08 bits per heavy atom. The highest BCUT2D eigenvalue weighted by Crippen LogP contribution is 2.18. The lowest BCUT2D eigenvalue weighted by atomic mass is 10.1. The highest BCUT2D eigenvalue weighted by atomic mass is 16.5. The van der Waals surface area contributed by atoms with E-state index in [2.05, 4.69) is 0 Å². The molecule has 0 saturated carbocycles. The molecule has 1 aromatic carbocycles. The molecule has 1 aromatic rings. The first-order valence-electron chi connectivity index (χ1n) is 8.93. The smallest absolute Gasteiger partial charge is 0.226 e. The Labute approximate surface area is 145 Å². The fraction of sp³-hybridized carbons (Fsp3) is 0.632. The van der Waals surface area contributed by atoms with Crippen molar-refractivity contribution < 1.29 is 14.3 Å². The third kappa shape index (κ3) is 6.13. The van der Waals surface area contributed by atoms with Crippen molar-refractivity contribution in [1.82, 2.24) is 4.90 Å². The largest absolute Gasteiger partial charge is 0.491 e. The van der Waals surface area contributed by atoms with Gasteiger partial charge in [0.2, 0.25) is 5.91 Å². The Morgan fingerprint density at radius 1 is 1.33 bits per heavy atom. The summed E-state index contributed by atoms with van der Waals surface area (Å²) in [4.78, 5) is 14.4. The van der Waals surface area contributed by atoms with Crippen molar-refractivity contribution in [2.45, 2.75) is 51.7 Å². The molecule has 1 heterocycles. The highest BCUT2D eigenvalue weighted by Gasteiger charge is 2.23. The molecule has 0 spiro atoms. The number of carbonyl (C=O) groups is 1. The van der Waals surface area contributed by atoms with Gasteiger partial charge in [0.05, 0.1) is 18.6 Å². The zero-order chi connectivity index (χ0) is 17.4. The molecule has 0 bridgehead atoms. The van der Waals surface area contributed by atoms with Crippen LogP contribution in [0.5, 0.6) is 5.75 Å². The van der Waals surface area contributed by atoms with Crippen LogP contribution in [0.1, 0.15) is 38.7 Å². The summed E-state index contributed by atoms with van der Waals surface area (Å²) in [6.45, 7) is 6.92. The van der Waals surface area contributed by atoms with Crippen molar-refractivity contribution in [3.05, 3.63) is 29.8 Å². The Kier molecular flexibility index (Phi) is 7.53. The number of piperidine rings is 1. The van der Waals surface area contributed by atoms with Crippen LogP contribution in [0.2, 0.25) is 0 Å². The van der Waals surface area contributed by atoms with Crippen molar-refractivity contribution in [2.24, 2.45) is 5.73 Å². The first kappa shape index (κ1) is 18.7. The highest BCUT2D eigenvalue weighted by molar-refractivity contribution is 5.79. The summed E-state index contributed by atoms with van der Waals surface area (Å²) in [6, 6.07) is 7.81. The molecular formula is C19H30N2O3. The minimum atomic E-state index is 0.134. The molecule has 1 fully saturated rings. The van der Waals surface area contributed by atoms with Crippen LogP contribution < -0.4 is 10.5 Å². The lowest BCUT2D eigenvalue weighted by Gasteiger charge is -2.32. The fourth-order valence-corrected chi connectivity index (χ4v) is 2.89. The maximum Gasteiger partial charge on any atom is 0.226 e. The van der Waals surface area contributed by atoms with Crippen LogP contribution in [-0.2, 0) is 16.0 Å². The normalized spacial score (nSPS) is 15.8. The third-order valence-electron chi connectivity index (χ3n) is 4.12. The van der Waals surface area contributed by atoms with Crippen LogP contribution in [0.15, 0.2) is 24.3 Å². The van der Waals surface area contributed by atoms with E-state index in [0.29, 0.717) is 13.0 Å². The van der Waals surface area contributed by atoms with E-state index in [4.69, 9.17) is 15.2 Å². The van der Waals surface area contributed by atoms with Gasteiger partial charge in [0.1, 0.15) is 5.75 Å². The van der Waals surface area contributed by atoms with Gasteiger partial charge in [-0.2, -0.15) is 0 Å². The molecule has 5 heteroatoms. The molecule has 5 nitrogen and oxygen atoms in total. The Morgan fingerprint density at radius 3 is 2.75 bits per heavy atom. The van der Waals surface area contributed by atoms with Crippen molar-refractivity contribution in [3.63, 3.8) is 0 Å². The summed E-state index contributed by atoms with van der Waals surface area (Å²) in [7, 11) is 0. The van der Waals surface area contributed by atoms with Crippen LogP contribution in [0, 0.1) is 0 Å². The van der Waals surface area contributed by atoms with E-state index in [-0.39, 0.29) is 18.1 Å². The van der Waals surface area contributed by atoms with E-state index in [1.54, 1.807) is 0 Å². The first-order valence-corrected chi connectivity index (χ1v) is 8.93. The minimum absolute atomic E-state index is 0.134. The second-order valence-electron chi connectivity index (χ2n) is 6.58. The molecule has 0 unspecified atom stereocenters. The van der Waals surface area contributed by atoms with Crippen LogP contribution in [0.3, 0.4) is 0 Å². The van der Waals surface area contributed by atoms with Gasteiger partial charge in [-0.25, -0.2) is 0 Å². The molecule has 2 N–H and O–H groups in total. The van der Waals surface area contributed by atoms with E-state index in [1.807, 2.05) is 43.0 Å². The molecular weight excluding hydrogens is 304 g/mol. The van der Waals surface area contributed by atoms with Gasteiger partial charge in [0.15, 0.2) is 0 Å². The number of amides is 1. The van der Waals surface area contributed by atoms with Crippen LogP contribution in [-0.4, -0.2) is 49.3 Å². The quantitative estimate of drug-likeness (QED) is 0.741. The number of ether oxygens (including phenoxy) is 2. The third-order valence-corrected chi connectivity index (χ3v) is 4.12. The average Bonchev–Trinajstić information content (AvgIpc) is 2.55. The van der Waals surface area contributed by atoms with Crippen LogP contribution in [0.25, 0.3) is 0 Å². The van der Waals surface area contributed by atoms with Gasteiger partial charge in [-0.1, -0.05) is 12.1 Å². The Bertz CT molecular complexity index is 511. The van der Waals surface area contributed by atoms with Crippen molar-refractivity contribution in [2.75, 3.05) is 26.2 Å². The van der Waals surface area contributed by atoms with Crippen molar-refractivity contribution in [3.8, 4) is 5.75 Å². The number of hydrogen-bond acceptors (Lipinski definition) is 4. The number of nitrogens with zero attached hydrogens (tertiary/aromatic N) is 1. The maximum absolute atomic E-state index is 12.5. The van der Waals surface area contributed by atoms with Crippen molar-refractivity contribution >= 4 is 5.91 Å². The lowest BCUT2D eigenvalue weighted by molar-refractivity contribution is -0.133. The van der Waals surface area contributed by atoms with Gasteiger partial charge in [-0.15, -0.1) is 0 Å². The van der Waals surface area contributed by atoms with E-state index >= 15 is 0 Å². The predicted octanol–water partition coefficient (Wildman–Crippen LogP) is 2.37. The van der Waals surface area contributed by atoms with E-state index in [1.165, 1.54) is 0 Å². The van der Waals surface area contributed by atoms with Crippen LogP contribution >= 0.6 is 0 Å². The summed E-state index contributed by atoms with van der Waals surface area (Å²) in [5.74, 6) is 0.999. The van der Waals surface area contributed by atoms with E-state index in [9.17, 15) is 4.79 Å². The Hall–Kier alpha value is -1.59. The molecule has 0 radical (unpaired) electrons. The zero-order valence-corrected chi connectivity index (χ0v) is 14.9. The first-order chi connectivity index (χ1) is 11.6. The molecule has 1 aliphatic heterocycles. The van der Waals surface area contributed by atoms with Gasteiger partial charge in [-0.05, 0) is 57.4 Å². The van der Waals surface area contributed by atoms with Crippen molar-refractivity contribution in [1.29, 1.82) is 0 Å². The van der Waals surface area contributed by atoms with Gasteiger partial charge in [0, 0.05) is 19.7 Å². The predicted molar refractivity (Wildman–Crippen MR) is 95.1 cm³/mol. The standard InChI is InChI=1S/C19H30N2O3/c1-15(2)24-18-6-3-5-16(13-18)14-19(22)21-10-7-17(8-11-21)23-12-4-9-20/h3,5-6,13,15,17H,4,7-12,14,20H2,1-2H3.